The molecule has 0 radical (unpaired) electrons. The fraction of sp³-hybridized carbons (Fsp3) is 0.581. The van der Waals surface area contributed by atoms with Crippen LogP contribution in [0.2, 0.25) is 0 Å². The number of ether oxygens (including phenoxy) is 1. The Morgan fingerprint density at radius 3 is 2.67 bits per heavy atom. The minimum atomic E-state index is -0.901. The first-order valence-electron chi connectivity index (χ1n) is 14.5. The van der Waals surface area contributed by atoms with Crippen LogP contribution in [0.25, 0.3) is 0 Å². The molecule has 3 atom stereocenters. The van der Waals surface area contributed by atoms with Crippen LogP contribution in [-0.4, -0.2) is 77.6 Å². The number of aryl methyl sites for hydroxylation is 1. The van der Waals surface area contributed by atoms with E-state index in [4.69, 9.17) is 14.7 Å². The zero-order valence-electron chi connectivity index (χ0n) is 23.3. The predicted molar refractivity (Wildman–Crippen MR) is 150 cm³/mol. The average molecular weight is 534 g/mol. The summed E-state index contributed by atoms with van der Waals surface area (Å²) in [4.78, 5) is 28.5. The third-order valence-corrected chi connectivity index (χ3v) is 9.60. The number of amides is 1. The van der Waals surface area contributed by atoms with Crippen molar-refractivity contribution in [2.45, 2.75) is 70.4 Å². The van der Waals surface area contributed by atoms with Crippen LogP contribution in [0.4, 0.5) is 10.2 Å². The summed E-state index contributed by atoms with van der Waals surface area (Å²) in [6.07, 6.45) is 8.69. The van der Waals surface area contributed by atoms with Gasteiger partial charge in [-0.25, -0.2) is 4.39 Å². The molecule has 2 fully saturated rings. The Balaban J connectivity index is 1.29. The summed E-state index contributed by atoms with van der Waals surface area (Å²) in [5.74, 6) is -0.586. The molecular formula is C31H40FN5O2. The van der Waals surface area contributed by atoms with Crippen molar-refractivity contribution in [1.29, 1.82) is 0 Å². The maximum absolute atomic E-state index is 13.6. The third kappa shape index (κ3) is 5.15. The Morgan fingerprint density at radius 1 is 1.13 bits per heavy atom. The summed E-state index contributed by atoms with van der Waals surface area (Å²) < 4.78 is 19.9. The number of benzene rings is 1. The van der Waals surface area contributed by atoms with Crippen molar-refractivity contribution in [3.8, 4) is 6.01 Å². The van der Waals surface area contributed by atoms with Gasteiger partial charge in [0.2, 0.25) is 0 Å². The molecule has 4 aliphatic rings. The van der Waals surface area contributed by atoms with Crippen LogP contribution < -0.4 is 9.64 Å². The largest absolute Gasteiger partial charge is 0.462 e. The lowest BCUT2D eigenvalue weighted by atomic mass is 9.63. The molecule has 1 aromatic heterocycles. The van der Waals surface area contributed by atoms with E-state index >= 15 is 0 Å². The van der Waals surface area contributed by atoms with Gasteiger partial charge in [0.1, 0.15) is 12.4 Å². The topological polar surface area (TPSA) is 61.8 Å². The summed E-state index contributed by atoms with van der Waals surface area (Å²) in [6.45, 7) is 8.43. The van der Waals surface area contributed by atoms with Gasteiger partial charge in [0, 0.05) is 37.3 Å². The molecular weight excluding hydrogens is 493 g/mol. The van der Waals surface area contributed by atoms with Gasteiger partial charge in [0.15, 0.2) is 5.83 Å². The molecule has 2 saturated heterocycles. The number of hydrogen-bond donors (Lipinski definition) is 0. The van der Waals surface area contributed by atoms with Crippen LogP contribution in [0, 0.1) is 5.41 Å². The quantitative estimate of drug-likeness (QED) is 0.539. The van der Waals surface area contributed by atoms with Gasteiger partial charge in [-0.15, -0.1) is 0 Å². The van der Waals surface area contributed by atoms with E-state index in [1.807, 2.05) is 0 Å². The van der Waals surface area contributed by atoms with Crippen molar-refractivity contribution in [3.63, 3.8) is 0 Å². The molecule has 39 heavy (non-hydrogen) atoms. The second-order valence-electron chi connectivity index (χ2n) is 12.2. The van der Waals surface area contributed by atoms with Crippen molar-refractivity contribution in [3.05, 3.63) is 59.1 Å². The van der Waals surface area contributed by atoms with Crippen molar-refractivity contribution in [1.82, 2.24) is 19.8 Å². The number of aromatic nitrogens is 2. The van der Waals surface area contributed by atoms with E-state index in [0.717, 1.165) is 56.6 Å². The van der Waals surface area contributed by atoms with Crippen LogP contribution >= 0.6 is 0 Å². The summed E-state index contributed by atoms with van der Waals surface area (Å²) in [5.41, 5.74) is 5.51. The highest BCUT2D eigenvalue weighted by Gasteiger charge is 2.41. The van der Waals surface area contributed by atoms with Crippen LogP contribution in [0.15, 0.2) is 36.7 Å². The zero-order valence-corrected chi connectivity index (χ0v) is 23.3. The fourth-order valence-corrected chi connectivity index (χ4v) is 7.25. The molecule has 0 bridgehead atoms. The van der Waals surface area contributed by atoms with Crippen LogP contribution in [-0.2, 0) is 30.5 Å². The Kier molecular flexibility index (Phi) is 7.08. The maximum atomic E-state index is 13.6. The van der Waals surface area contributed by atoms with E-state index < -0.39 is 11.7 Å². The molecule has 208 valence electrons. The molecule has 3 heterocycles. The van der Waals surface area contributed by atoms with Gasteiger partial charge in [-0.2, -0.15) is 9.97 Å². The predicted octanol–water partition coefficient (Wildman–Crippen LogP) is 4.13. The van der Waals surface area contributed by atoms with Crippen molar-refractivity contribution < 1.29 is 13.9 Å². The number of likely N-dealkylation sites (tertiary alicyclic amines) is 1. The molecule has 6 rings (SSSR count). The van der Waals surface area contributed by atoms with E-state index in [2.05, 4.69) is 54.6 Å². The lowest BCUT2D eigenvalue weighted by Crippen LogP contribution is -2.54. The lowest BCUT2D eigenvalue weighted by Gasteiger charge is -2.44. The molecule has 2 aliphatic heterocycles. The van der Waals surface area contributed by atoms with Crippen molar-refractivity contribution in [2.75, 3.05) is 44.7 Å². The van der Waals surface area contributed by atoms with Gasteiger partial charge >= 0.3 is 6.01 Å². The molecule has 3 unspecified atom stereocenters. The smallest absolute Gasteiger partial charge is 0.318 e. The fourth-order valence-electron chi connectivity index (χ4n) is 7.25. The van der Waals surface area contributed by atoms with Gasteiger partial charge in [-0.05, 0) is 88.4 Å². The van der Waals surface area contributed by atoms with E-state index in [0.29, 0.717) is 38.3 Å². The van der Waals surface area contributed by atoms with Gasteiger partial charge in [-0.3, -0.25) is 4.79 Å². The number of likely N-dealkylation sites (N-methyl/N-ethyl adjacent to an activating group) is 1. The van der Waals surface area contributed by atoms with Gasteiger partial charge < -0.3 is 19.4 Å². The molecule has 1 amide bonds. The molecule has 2 aliphatic carbocycles. The number of halogens is 1. The minimum Gasteiger partial charge on any atom is -0.462 e. The summed E-state index contributed by atoms with van der Waals surface area (Å²) >= 11 is 0. The number of carbonyl (C=O) groups excluding carboxylic acids is 1. The number of piperazine rings is 1. The second-order valence-corrected chi connectivity index (χ2v) is 12.2. The number of nitrogens with zero attached hydrogens (tertiary/aromatic N) is 5. The van der Waals surface area contributed by atoms with E-state index in [1.165, 1.54) is 29.5 Å². The van der Waals surface area contributed by atoms with E-state index in [-0.39, 0.29) is 11.5 Å². The van der Waals surface area contributed by atoms with Crippen molar-refractivity contribution in [2.24, 2.45) is 5.41 Å². The highest BCUT2D eigenvalue weighted by Crippen LogP contribution is 2.47. The minimum absolute atomic E-state index is 0.00712. The Morgan fingerprint density at radius 2 is 1.92 bits per heavy atom. The number of hydrogen-bond acceptors (Lipinski definition) is 6. The highest BCUT2D eigenvalue weighted by atomic mass is 19.1. The van der Waals surface area contributed by atoms with Gasteiger partial charge in [0.25, 0.3) is 5.91 Å². The number of rotatable bonds is 5. The molecule has 7 nitrogen and oxygen atoms in total. The monoisotopic (exact) mass is 533 g/mol. The number of anilines is 1. The lowest BCUT2D eigenvalue weighted by molar-refractivity contribution is -0.129. The van der Waals surface area contributed by atoms with Crippen LogP contribution in [0.1, 0.15) is 55.0 Å². The third-order valence-electron chi connectivity index (χ3n) is 9.60. The number of carbonyl (C=O) groups is 1. The first-order valence-corrected chi connectivity index (χ1v) is 14.5. The van der Waals surface area contributed by atoms with E-state index in [1.54, 1.807) is 4.90 Å². The summed E-state index contributed by atoms with van der Waals surface area (Å²) in [6, 6.07) is 9.71. The Bertz CT molecular complexity index is 1270. The Labute approximate surface area is 231 Å². The van der Waals surface area contributed by atoms with Crippen LogP contribution in [0.5, 0.6) is 6.01 Å². The average Bonchev–Trinajstić information content (AvgIpc) is 3.35. The summed E-state index contributed by atoms with van der Waals surface area (Å²) in [5, 5.41) is 0. The molecule has 1 spiro atoms. The molecule has 0 N–H and O–H groups in total. The van der Waals surface area contributed by atoms with Crippen LogP contribution in [0.3, 0.4) is 0 Å². The van der Waals surface area contributed by atoms with Crippen molar-refractivity contribution >= 4 is 11.7 Å². The molecule has 2 aromatic rings. The standard InChI is InChI=1S/C31H40FN5O2/c1-21-19-36(29(38)22(2)32)15-16-37(21)28-26-11-13-31(12-10-23-7-4-5-8-24(23)17-31)18-27(26)33-30(34-28)39-20-25-9-6-14-35(25)3/h4-5,7-8,21,25H,2,6,9-20H2,1,3H3. The summed E-state index contributed by atoms with van der Waals surface area (Å²) in [7, 11) is 2.15. The zero-order chi connectivity index (χ0) is 27.1. The first kappa shape index (κ1) is 26.2. The second kappa shape index (κ2) is 10.5. The molecule has 8 heteroatoms. The first-order chi connectivity index (χ1) is 18.8. The molecule has 0 saturated carbocycles. The normalized spacial score (nSPS) is 26.8. The Hall–Kier alpha value is -3.00. The van der Waals surface area contributed by atoms with E-state index in [9.17, 15) is 9.18 Å². The number of fused-ring (bicyclic) bond motifs is 2. The highest BCUT2D eigenvalue weighted by molar-refractivity contribution is 5.90. The maximum Gasteiger partial charge on any atom is 0.318 e. The SMILES string of the molecule is C=C(F)C(=O)N1CCN(c2nc(OCC3CCCN3C)nc3c2CCC2(CCc4ccccc4C2)C3)C(C)C1. The molecule has 1 aromatic carbocycles. The van der Waals surface area contributed by atoms with Gasteiger partial charge in [-0.1, -0.05) is 30.8 Å². The van der Waals surface area contributed by atoms with Gasteiger partial charge in [0.05, 0.1) is 5.69 Å².